The Bertz CT molecular complexity index is 3280. The van der Waals surface area contributed by atoms with Crippen LogP contribution in [-0.4, -0.2) is 61.7 Å². The number of carbonyl (C=O) groups excluding carboxylic acids is 4. The van der Waals surface area contributed by atoms with Crippen molar-refractivity contribution in [3.8, 4) is 6.07 Å². The molecule has 0 fully saturated rings. The molecule has 89 heavy (non-hydrogen) atoms. The number of nitriles is 1. The molecule has 3 N–H and O–H groups in total. The van der Waals surface area contributed by atoms with E-state index in [2.05, 4.69) is 304 Å². The first-order chi connectivity index (χ1) is 41.5. The number of ether oxygens (including phenoxy) is 1. The molecule has 0 atom stereocenters. The van der Waals surface area contributed by atoms with Gasteiger partial charge in [0.2, 0.25) is 11.5 Å². The van der Waals surface area contributed by atoms with Crippen LogP contribution in [-0.2, 0) is 32.2 Å². The van der Waals surface area contributed by atoms with E-state index in [9.17, 15) is 28.8 Å². The van der Waals surface area contributed by atoms with Crippen molar-refractivity contribution in [2.45, 2.75) is 66.0 Å². The fourth-order valence-electron chi connectivity index (χ4n) is 5.47. The quantitative estimate of drug-likeness (QED) is 0.0325. The normalized spacial score (nSPS) is 14.0. The Hall–Kier alpha value is 15.1. The van der Waals surface area contributed by atoms with E-state index in [-0.39, 0.29) is 78.5 Å². The number of benzene rings is 2. The van der Waals surface area contributed by atoms with Gasteiger partial charge in [0.25, 0.3) is 23.6 Å². The molecule has 5 rings (SSSR count). The van der Waals surface area contributed by atoms with Gasteiger partial charge in [-0.1, -0.05) is 74.1 Å². The van der Waals surface area contributed by atoms with Crippen LogP contribution in [0.15, 0.2) is 64.0 Å². The minimum atomic E-state index is -0.804. The number of nitrogens with two attached hydrogens (primary N) is 1. The molecule has 518 valence electrons. The van der Waals surface area contributed by atoms with Crippen LogP contribution in [0.2, 0.25) is 20.1 Å². The first-order valence-electron chi connectivity index (χ1n) is 21.8. The molecule has 50 heteroatoms. The second kappa shape index (κ2) is 54.0. The third-order valence-corrected chi connectivity index (χ3v) is 2080. The number of nitrogen functional groups attached to an aromatic ring is 1. The second-order valence-electron chi connectivity index (χ2n) is 15.3. The van der Waals surface area contributed by atoms with Gasteiger partial charge >= 0.3 is 407 Å². The molecular weight excluding hydrogens is 4540 g/mol. The third-order valence-electron chi connectivity index (χ3n) is 9.17. The Labute approximate surface area is 735 Å². The number of hydrazone groups is 1. The van der Waals surface area contributed by atoms with E-state index in [0.717, 1.165) is 5.01 Å². The molecule has 0 spiro atoms. The Morgan fingerprint density at radius 3 is 1.43 bits per heavy atom. The van der Waals surface area contributed by atoms with Crippen molar-refractivity contribution in [3.05, 3.63) is 124 Å². The third kappa shape index (κ3) is 35.1. The minimum absolute atomic E-state index is 0.00999. The number of Topliss-reactive ketones (excluding diaryl/α,β-unsaturated/α-hetero) is 1. The number of amides is 3. The minimum Gasteiger partial charge on any atom is -0.450 e. The van der Waals surface area contributed by atoms with Gasteiger partial charge in [0.1, 0.15) is 6.07 Å². The molecule has 0 saturated heterocycles. The molecule has 0 aliphatic carbocycles. The largest absolute Gasteiger partial charge is 0.450 e. The molecule has 4 aromatic rings. The van der Waals surface area contributed by atoms with E-state index < -0.39 is 125 Å². The summed E-state index contributed by atoms with van der Waals surface area (Å²) in [5.74, 6) is -1.76. The number of nitrogens with zero attached hydrogens (tertiary/aromatic N) is 8. The van der Waals surface area contributed by atoms with Crippen molar-refractivity contribution in [1.82, 2.24) is 24.4 Å². The van der Waals surface area contributed by atoms with E-state index in [1.165, 1.54) is 40.1 Å². The van der Waals surface area contributed by atoms with E-state index in [1.54, 1.807) is 31.3 Å². The molecule has 2 aromatic carbocycles. The number of anilines is 2. The number of hydrogen-bond acceptors (Lipinski definition) is 12. The van der Waals surface area contributed by atoms with Gasteiger partial charge in [0.15, 0.2) is 0 Å². The predicted octanol–water partition coefficient (Wildman–Crippen LogP) is 28.2. The summed E-state index contributed by atoms with van der Waals surface area (Å²) in [6, 6.07) is 7.79. The molecule has 17 nitrogen and oxygen atoms in total. The summed E-state index contributed by atoms with van der Waals surface area (Å²) in [7, 11) is -5.76. The predicted molar refractivity (Wildman–Crippen MR) is 620 cm³/mol. The first-order valence-corrected chi connectivity index (χ1v) is 199. The number of hydrogen-bond donors (Lipinski definition) is 2. The monoisotopic (exact) mass is 4580 g/mol. The van der Waals surface area contributed by atoms with Gasteiger partial charge in [-0.3, -0.25) is 38.4 Å². The Kier molecular flexibility index (Phi) is 60.7. The van der Waals surface area contributed by atoms with Crippen LogP contribution >= 0.6 is 428 Å². The molecule has 2 aromatic heterocycles. The number of imide groups is 1. The van der Waals surface area contributed by atoms with Crippen molar-refractivity contribution >= 4 is 469 Å². The summed E-state index contributed by atoms with van der Waals surface area (Å²) in [5.41, 5.74) is 8.08. The van der Waals surface area contributed by atoms with Crippen LogP contribution in [0.4, 0.5) is 16.2 Å². The van der Waals surface area contributed by atoms with Gasteiger partial charge < -0.3 is 15.3 Å². The number of alkyl carbamates (subject to hydrolysis) is 1. The number of nitrogens with one attached hydrogen (secondary N) is 1. The molecule has 1 aliphatic rings. The number of carbonyl (C=O) groups is 4. The molecule has 0 radical (unpaired) electrons. The molecule has 3 amide bonds. The average Bonchev–Trinajstić information content (AvgIpc) is 1.17. The fourth-order valence-corrected chi connectivity index (χ4v) is 4830. The first kappa shape index (κ1) is 100. The maximum absolute atomic E-state index is 12.6. The van der Waals surface area contributed by atoms with Gasteiger partial charge in [0, 0.05) is 60.4 Å². The maximum atomic E-state index is 12.6. The van der Waals surface area contributed by atoms with Gasteiger partial charge in [0.05, 0.1) is 44.5 Å². The van der Waals surface area contributed by atoms with Gasteiger partial charge in [-0.15, -0.1) is 0 Å². The van der Waals surface area contributed by atoms with Crippen LogP contribution in [0.3, 0.4) is 0 Å². The summed E-state index contributed by atoms with van der Waals surface area (Å²) in [6.45, 7) is 15.8. The zero-order chi connectivity index (χ0) is 68.1. The van der Waals surface area contributed by atoms with E-state index in [4.69, 9.17) is 64.0 Å². The van der Waals surface area contributed by atoms with Crippen LogP contribution in [0.1, 0.15) is 75.1 Å². The van der Waals surface area contributed by atoms with Crippen molar-refractivity contribution in [3.63, 3.8) is 0 Å². The standard InChI is InChI=1S/C19H15Cl2N5O3.C14H15Cl2N3O.C6H8N2O3.I29/c1-10(2)12-7-23-9-25(19(12)29)8-13-14(20)3-11(4-15(13)21)26-18(28)5-17(27)16(6-22)24-26;1-8(2)10-5-18-7-19(14(10)20)6-11-12(15)3-9(17)4-13(11)16;1-3-11-6(10)8-5(9)4-7-2;1-16-18(4)20(6)22(8)24(10)26(12)28(14)29(15)27(13)25(11)23(9)21(7)19(5)17(2)3/h3-4,7,9-10H,5,8H2,1-2H3;3-5,7-8H,6,17H2,1-2H3;3-4H2,1H3,(H,8,9,10);/q;;;-1. The van der Waals surface area contributed by atoms with E-state index in [0.29, 0.717) is 51.2 Å². The van der Waals surface area contributed by atoms with Crippen molar-refractivity contribution in [1.29, 1.82) is 5.26 Å². The zero-order valence-corrected chi connectivity index (χ0v) is 109. The molecule has 3 heterocycles. The van der Waals surface area contributed by atoms with Crippen LogP contribution in [0.5, 0.6) is 0 Å². The van der Waals surface area contributed by atoms with Crippen LogP contribution in [0, 0.1) is 17.9 Å². The Morgan fingerprint density at radius 1 is 0.697 bits per heavy atom. The molecule has 1 aliphatic heterocycles. The summed E-state index contributed by atoms with van der Waals surface area (Å²) in [6.07, 6.45) is 4.74. The smallest absolute Gasteiger partial charge is 0.414 e. The maximum Gasteiger partial charge on any atom is 0.414 e. The fraction of sp³-hybridized carbons (Fsp3) is 0.308. The summed E-state index contributed by atoms with van der Waals surface area (Å²) >= 11 is 72.8. The Balaban J connectivity index is 0.000000425. The topological polar surface area (TPSA) is 229 Å². The Morgan fingerprint density at radius 2 is 1.08 bits per heavy atom. The molecule has 0 unspecified atom stereocenters. The van der Waals surface area contributed by atoms with Crippen LogP contribution in [0.25, 0.3) is 4.85 Å². The van der Waals surface area contributed by atoms with Crippen molar-refractivity contribution in [2.75, 3.05) is 23.9 Å². The van der Waals surface area contributed by atoms with Crippen molar-refractivity contribution in [2.24, 2.45) is 5.10 Å². The molecular formula is C39H38Cl4I29N10O7-. The second-order valence-corrected chi connectivity index (χ2v) is 667. The number of rotatable bonds is 22. The number of aromatic nitrogens is 4. The summed E-state index contributed by atoms with van der Waals surface area (Å²) < 4.78 is 7.29. The van der Waals surface area contributed by atoms with E-state index >= 15 is 0 Å². The molecule has 0 saturated carbocycles. The average molecular weight is 4580 g/mol. The van der Waals surface area contributed by atoms with Crippen LogP contribution < -0.4 is 40.4 Å². The van der Waals surface area contributed by atoms with Gasteiger partial charge in [-0.05, 0) is 43.0 Å². The number of halogens is 33. The SMILES string of the molecule is CC(C)c1cncn(Cc2c(Cl)cc(N)cc2Cl)c1=O.CC(C)c1cncn(Cc2c(Cl)cc(N3N=C(C#N)C(=O)CC3=O)cc2Cl)c1=O.I[I-]I(I)I(I)I(I)I(I)I(I)I(I)I(I)I(I)I(I)I(I)I(I)I(I)I(I)I.[C-]#[N+]CC(=O)NC(=O)OCC. The summed E-state index contributed by atoms with van der Waals surface area (Å²) in [5, 5.41) is 16.8. The molecule has 0 bridgehead atoms. The number of ketones is 1. The van der Waals surface area contributed by atoms with Gasteiger partial charge in [-0.25, -0.2) is 21.3 Å². The van der Waals surface area contributed by atoms with Gasteiger partial charge in [-0.2, -0.15) is 15.4 Å². The zero-order valence-electron chi connectivity index (χ0n) is 43.8. The van der Waals surface area contributed by atoms with E-state index in [1.807, 2.05) is 33.0 Å². The van der Waals surface area contributed by atoms with Crippen molar-refractivity contribution < 1.29 is 37.2 Å². The summed E-state index contributed by atoms with van der Waals surface area (Å²) in [4.78, 5) is 80.6.